The highest BCUT2D eigenvalue weighted by atomic mass is 16.3. The van der Waals surface area contributed by atoms with Gasteiger partial charge in [0.2, 0.25) is 0 Å². The van der Waals surface area contributed by atoms with Crippen molar-refractivity contribution < 1.29 is 10.2 Å². The lowest BCUT2D eigenvalue weighted by Gasteiger charge is -2.34. The van der Waals surface area contributed by atoms with Crippen LogP contribution in [0.3, 0.4) is 0 Å². The van der Waals surface area contributed by atoms with Crippen LogP contribution in [-0.2, 0) is 6.54 Å². The Morgan fingerprint density at radius 2 is 1.95 bits per heavy atom. The topological polar surface area (TPSA) is 43.7 Å². The summed E-state index contributed by atoms with van der Waals surface area (Å²) in [7, 11) is 0. The molecule has 1 aromatic rings. The van der Waals surface area contributed by atoms with Gasteiger partial charge in [0.25, 0.3) is 0 Å². The van der Waals surface area contributed by atoms with Gasteiger partial charge in [0, 0.05) is 24.7 Å². The molecule has 2 N–H and O–H groups in total. The van der Waals surface area contributed by atoms with Crippen LogP contribution in [0.15, 0.2) is 18.2 Å². The van der Waals surface area contributed by atoms with Crippen molar-refractivity contribution in [1.29, 1.82) is 0 Å². The summed E-state index contributed by atoms with van der Waals surface area (Å²) < 4.78 is 0. The predicted octanol–water partition coefficient (Wildman–Crippen LogP) is 2.83. The minimum atomic E-state index is 0.184. The van der Waals surface area contributed by atoms with Crippen molar-refractivity contribution in [3.63, 3.8) is 0 Å². The van der Waals surface area contributed by atoms with E-state index in [9.17, 15) is 10.2 Å². The highest BCUT2D eigenvalue weighted by Crippen LogP contribution is 2.27. The summed E-state index contributed by atoms with van der Waals surface area (Å²) in [6.45, 7) is 3.54. The molecule has 3 heteroatoms. The normalized spacial score (nSPS) is 17.0. The molecule has 0 heterocycles. The molecule has 3 nitrogen and oxygen atoms in total. The summed E-state index contributed by atoms with van der Waals surface area (Å²) in [4.78, 5) is 2.33. The van der Waals surface area contributed by atoms with Gasteiger partial charge in [-0.25, -0.2) is 0 Å². The largest absolute Gasteiger partial charge is 0.507 e. The van der Waals surface area contributed by atoms with E-state index in [1.807, 2.05) is 25.1 Å². The lowest BCUT2D eigenvalue weighted by atomic mass is 9.93. The Morgan fingerprint density at radius 1 is 1.21 bits per heavy atom. The minimum absolute atomic E-state index is 0.184. The molecule has 106 valence electrons. The number of phenols is 1. The Labute approximate surface area is 115 Å². The Bertz CT molecular complexity index is 400. The third-order valence-corrected chi connectivity index (χ3v) is 4.17. The Kier molecular flexibility index (Phi) is 5.23. The first-order valence-corrected chi connectivity index (χ1v) is 7.34. The summed E-state index contributed by atoms with van der Waals surface area (Å²) in [6.07, 6.45) is 6.33. The molecule has 0 aliphatic heterocycles. The number of hydrogen-bond donors (Lipinski definition) is 2. The van der Waals surface area contributed by atoms with Gasteiger partial charge < -0.3 is 10.2 Å². The van der Waals surface area contributed by atoms with E-state index in [2.05, 4.69) is 4.90 Å². The van der Waals surface area contributed by atoms with Crippen LogP contribution < -0.4 is 0 Å². The molecule has 1 aliphatic rings. The molecule has 1 aliphatic carbocycles. The fourth-order valence-corrected chi connectivity index (χ4v) is 3.03. The van der Waals surface area contributed by atoms with Gasteiger partial charge in [-0.15, -0.1) is 0 Å². The summed E-state index contributed by atoms with van der Waals surface area (Å²) in [5, 5.41) is 19.4. The van der Waals surface area contributed by atoms with Crippen LogP contribution >= 0.6 is 0 Å². The summed E-state index contributed by atoms with van der Waals surface area (Å²) in [5.41, 5.74) is 1.89. The maximum absolute atomic E-state index is 10.1. The first-order valence-electron chi connectivity index (χ1n) is 7.34. The number of nitrogens with zero attached hydrogens (tertiary/aromatic N) is 1. The van der Waals surface area contributed by atoms with Crippen molar-refractivity contribution in [2.45, 2.75) is 51.6 Å². The van der Waals surface area contributed by atoms with Crippen LogP contribution in [0, 0.1) is 6.92 Å². The van der Waals surface area contributed by atoms with E-state index < -0.39 is 0 Å². The van der Waals surface area contributed by atoms with Gasteiger partial charge in [0.05, 0.1) is 6.61 Å². The number of aromatic hydroxyl groups is 1. The predicted molar refractivity (Wildman–Crippen MR) is 77.2 cm³/mol. The molecule has 19 heavy (non-hydrogen) atoms. The van der Waals surface area contributed by atoms with Crippen LogP contribution in [0.5, 0.6) is 5.75 Å². The molecule has 0 spiro atoms. The fourth-order valence-electron chi connectivity index (χ4n) is 3.03. The van der Waals surface area contributed by atoms with E-state index in [0.29, 0.717) is 18.3 Å². The third kappa shape index (κ3) is 3.71. The van der Waals surface area contributed by atoms with Crippen molar-refractivity contribution in [1.82, 2.24) is 4.90 Å². The third-order valence-electron chi connectivity index (χ3n) is 4.17. The number of para-hydroxylation sites is 1. The number of aliphatic hydroxyl groups is 1. The van der Waals surface area contributed by atoms with E-state index in [1.54, 1.807) is 0 Å². The van der Waals surface area contributed by atoms with E-state index in [0.717, 1.165) is 17.7 Å². The summed E-state index contributed by atoms with van der Waals surface area (Å²) >= 11 is 0. The lowest BCUT2D eigenvalue weighted by Crippen LogP contribution is -2.38. The van der Waals surface area contributed by atoms with Gasteiger partial charge in [-0.05, 0) is 25.3 Å². The highest BCUT2D eigenvalue weighted by molar-refractivity contribution is 5.39. The molecule has 1 aromatic carbocycles. The molecule has 2 rings (SSSR count). The molecule has 0 amide bonds. The minimum Gasteiger partial charge on any atom is -0.507 e. The maximum Gasteiger partial charge on any atom is 0.122 e. The van der Waals surface area contributed by atoms with Crippen LogP contribution in [0.1, 0.15) is 43.2 Å². The molecular formula is C16H25NO2. The van der Waals surface area contributed by atoms with Gasteiger partial charge >= 0.3 is 0 Å². The van der Waals surface area contributed by atoms with Gasteiger partial charge in [0.15, 0.2) is 0 Å². The molecule has 0 radical (unpaired) electrons. The number of phenolic OH excluding ortho intramolecular Hbond substituents is 1. The van der Waals surface area contributed by atoms with Crippen molar-refractivity contribution in [2.75, 3.05) is 13.2 Å². The molecule has 0 bridgehead atoms. The van der Waals surface area contributed by atoms with Gasteiger partial charge in [-0.2, -0.15) is 0 Å². The first kappa shape index (κ1) is 14.4. The van der Waals surface area contributed by atoms with Gasteiger partial charge in [-0.1, -0.05) is 37.5 Å². The van der Waals surface area contributed by atoms with Crippen molar-refractivity contribution in [3.8, 4) is 5.75 Å². The zero-order valence-electron chi connectivity index (χ0n) is 11.8. The van der Waals surface area contributed by atoms with Crippen LogP contribution in [0.2, 0.25) is 0 Å². The van der Waals surface area contributed by atoms with E-state index in [-0.39, 0.29) is 6.61 Å². The second kappa shape index (κ2) is 6.92. The average molecular weight is 263 g/mol. The molecule has 0 atom stereocenters. The SMILES string of the molecule is Cc1cccc(CN(CCO)C2CCCCC2)c1O. The zero-order valence-corrected chi connectivity index (χ0v) is 11.8. The number of hydrogen-bond acceptors (Lipinski definition) is 3. The Morgan fingerprint density at radius 3 is 2.63 bits per heavy atom. The number of benzene rings is 1. The van der Waals surface area contributed by atoms with Gasteiger partial charge in [0.1, 0.15) is 5.75 Å². The molecule has 0 unspecified atom stereocenters. The first-order chi connectivity index (χ1) is 9.22. The Hall–Kier alpha value is -1.06. The van der Waals surface area contributed by atoms with Crippen LogP contribution in [0.4, 0.5) is 0 Å². The fraction of sp³-hybridized carbons (Fsp3) is 0.625. The summed E-state index contributed by atoms with van der Waals surface area (Å²) in [6, 6.07) is 6.45. The standard InChI is InChI=1S/C16H25NO2/c1-13-6-5-7-14(16(13)19)12-17(10-11-18)15-8-3-2-4-9-15/h5-7,15,18-19H,2-4,8-12H2,1H3. The second-order valence-corrected chi connectivity index (χ2v) is 5.57. The zero-order chi connectivity index (χ0) is 13.7. The highest BCUT2D eigenvalue weighted by Gasteiger charge is 2.21. The molecule has 0 aromatic heterocycles. The van der Waals surface area contributed by atoms with E-state index in [1.165, 1.54) is 32.1 Å². The van der Waals surface area contributed by atoms with Crippen LogP contribution in [0.25, 0.3) is 0 Å². The summed E-state index contributed by atoms with van der Waals surface area (Å²) in [5.74, 6) is 0.404. The monoisotopic (exact) mass is 263 g/mol. The van der Waals surface area contributed by atoms with Crippen molar-refractivity contribution in [3.05, 3.63) is 29.3 Å². The number of rotatable bonds is 5. The van der Waals surface area contributed by atoms with Gasteiger partial charge in [-0.3, -0.25) is 4.90 Å². The second-order valence-electron chi connectivity index (χ2n) is 5.57. The molecular weight excluding hydrogens is 238 g/mol. The quantitative estimate of drug-likeness (QED) is 0.858. The van der Waals surface area contributed by atoms with Crippen molar-refractivity contribution in [2.24, 2.45) is 0 Å². The number of aliphatic hydroxyl groups excluding tert-OH is 1. The maximum atomic E-state index is 10.1. The molecule has 0 saturated heterocycles. The molecule has 1 saturated carbocycles. The average Bonchev–Trinajstić information content (AvgIpc) is 2.44. The lowest BCUT2D eigenvalue weighted by molar-refractivity contribution is 0.116. The Balaban J connectivity index is 2.08. The van der Waals surface area contributed by atoms with Crippen LogP contribution in [-0.4, -0.2) is 34.3 Å². The van der Waals surface area contributed by atoms with E-state index in [4.69, 9.17) is 0 Å². The van der Waals surface area contributed by atoms with E-state index >= 15 is 0 Å². The molecule has 1 fully saturated rings. The van der Waals surface area contributed by atoms with Crippen molar-refractivity contribution >= 4 is 0 Å². The smallest absolute Gasteiger partial charge is 0.122 e. The number of aryl methyl sites for hydroxylation is 1.